The zero-order valence-corrected chi connectivity index (χ0v) is 19.9. The van der Waals surface area contributed by atoms with Gasteiger partial charge in [-0.1, -0.05) is 49.7 Å². The number of hydrogen-bond acceptors (Lipinski definition) is 4. The number of imide groups is 1. The van der Waals surface area contributed by atoms with Crippen LogP contribution in [0.25, 0.3) is 5.57 Å². The van der Waals surface area contributed by atoms with E-state index in [0.717, 1.165) is 16.9 Å². The quantitative estimate of drug-likeness (QED) is 0.464. The molecule has 0 fully saturated rings. The minimum absolute atomic E-state index is 0.243. The van der Waals surface area contributed by atoms with Crippen LogP contribution in [0.4, 0.5) is 17.1 Å². The second-order valence-electron chi connectivity index (χ2n) is 8.52. The van der Waals surface area contributed by atoms with E-state index in [4.69, 9.17) is 11.6 Å². The molecule has 0 radical (unpaired) electrons. The van der Waals surface area contributed by atoms with Crippen molar-refractivity contribution >= 4 is 46.1 Å². The predicted molar refractivity (Wildman–Crippen MR) is 136 cm³/mol. The summed E-state index contributed by atoms with van der Waals surface area (Å²) in [5.41, 5.74) is 4.64. The molecule has 0 bridgehead atoms. The van der Waals surface area contributed by atoms with Crippen LogP contribution in [-0.4, -0.2) is 25.9 Å². The summed E-state index contributed by atoms with van der Waals surface area (Å²) in [7, 11) is 3.93. The summed E-state index contributed by atoms with van der Waals surface area (Å²) in [6, 6.07) is 22.2. The first-order valence-corrected chi connectivity index (χ1v) is 11.2. The monoisotopic (exact) mass is 459 g/mol. The third-order valence-corrected chi connectivity index (χ3v) is 5.94. The van der Waals surface area contributed by atoms with Crippen LogP contribution >= 0.6 is 11.6 Å². The highest BCUT2D eigenvalue weighted by Gasteiger charge is 2.40. The highest BCUT2D eigenvalue weighted by atomic mass is 35.5. The Balaban J connectivity index is 1.75. The molecule has 1 aliphatic heterocycles. The Morgan fingerprint density at radius 3 is 1.97 bits per heavy atom. The van der Waals surface area contributed by atoms with Gasteiger partial charge in [-0.15, -0.1) is 0 Å². The molecule has 0 aromatic heterocycles. The van der Waals surface area contributed by atoms with Crippen molar-refractivity contribution in [3.8, 4) is 0 Å². The van der Waals surface area contributed by atoms with E-state index in [0.29, 0.717) is 27.8 Å². The Kier molecular flexibility index (Phi) is 6.25. The van der Waals surface area contributed by atoms with Gasteiger partial charge in [0.05, 0.1) is 11.3 Å². The number of rotatable bonds is 6. The van der Waals surface area contributed by atoms with Crippen molar-refractivity contribution in [1.82, 2.24) is 0 Å². The first-order valence-electron chi connectivity index (χ1n) is 10.8. The lowest BCUT2D eigenvalue weighted by Gasteiger charge is -2.17. The first kappa shape index (κ1) is 22.6. The molecule has 33 heavy (non-hydrogen) atoms. The average molecular weight is 460 g/mol. The van der Waals surface area contributed by atoms with Crippen molar-refractivity contribution in [2.75, 3.05) is 29.2 Å². The summed E-state index contributed by atoms with van der Waals surface area (Å²) in [6.45, 7) is 4.20. The maximum absolute atomic E-state index is 13.5. The fraction of sp³-hybridized carbons (Fsp3) is 0.185. The third kappa shape index (κ3) is 4.50. The summed E-state index contributed by atoms with van der Waals surface area (Å²) in [5, 5.41) is 3.76. The van der Waals surface area contributed by atoms with Crippen LogP contribution in [-0.2, 0) is 9.59 Å². The van der Waals surface area contributed by atoms with E-state index in [1.54, 1.807) is 24.3 Å². The van der Waals surface area contributed by atoms with Crippen LogP contribution in [0, 0.1) is 0 Å². The molecule has 1 N–H and O–H groups in total. The molecule has 3 aromatic rings. The number of amides is 2. The molecule has 0 saturated heterocycles. The van der Waals surface area contributed by atoms with Gasteiger partial charge in [-0.3, -0.25) is 9.59 Å². The number of benzene rings is 3. The molecule has 1 aliphatic rings. The lowest BCUT2D eigenvalue weighted by atomic mass is 10.0. The topological polar surface area (TPSA) is 52.7 Å². The van der Waals surface area contributed by atoms with Gasteiger partial charge in [0.2, 0.25) is 0 Å². The van der Waals surface area contributed by atoms with Crippen molar-refractivity contribution in [1.29, 1.82) is 0 Å². The molecule has 0 spiro atoms. The molecule has 168 valence electrons. The van der Waals surface area contributed by atoms with E-state index in [-0.39, 0.29) is 17.5 Å². The van der Waals surface area contributed by atoms with E-state index in [1.807, 2.05) is 67.5 Å². The van der Waals surface area contributed by atoms with Crippen LogP contribution < -0.4 is 15.1 Å². The first-order chi connectivity index (χ1) is 15.8. The maximum atomic E-state index is 13.5. The van der Waals surface area contributed by atoms with E-state index in [1.165, 1.54) is 4.90 Å². The predicted octanol–water partition coefficient (Wildman–Crippen LogP) is 5.93. The molecule has 1 heterocycles. The van der Waals surface area contributed by atoms with Crippen LogP contribution in [0.15, 0.2) is 78.5 Å². The summed E-state index contributed by atoms with van der Waals surface area (Å²) in [6.07, 6.45) is 0. The Morgan fingerprint density at radius 2 is 1.42 bits per heavy atom. The standard InChI is InChI=1S/C27H26ClN3O2/c1-17(2)18-7-13-23(14-8-18)31-26(32)24(19-5-9-20(28)10-6-19)25(27(31)33)29-21-11-15-22(16-12-21)30(3)4/h5-17,29H,1-4H3. The average Bonchev–Trinajstić information content (AvgIpc) is 3.04. The number of carbonyl (C=O) groups excluding carboxylic acids is 2. The Morgan fingerprint density at radius 1 is 0.818 bits per heavy atom. The lowest BCUT2D eigenvalue weighted by Crippen LogP contribution is -2.32. The van der Waals surface area contributed by atoms with Crippen molar-refractivity contribution in [3.05, 3.63) is 94.6 Å². The van der Waals surface area contributed by atoms with E-state index < -0.39 is 0 Å². The number of hydrogen-bond donors (Lipinski definition) is 1. The highest BCUT2D eigenvalue weighted by Crippen LogP contribution is 2.35. The smallest absolute Gasteiger partial charge is 0.282 e. The molecule has 6 heteroatoms. The summed E-state index contributed by atoms with van der Waals surface area (Å²) >= 11 is 6.06. The molecule has 0 unspecified atom stereocenters. The molecule has 0 atom stereocenters. The van der Waals surface area contributed by atoms with Gasteiger partial charge in [0.15, 0.2) is 0 Å². The zero-order chi connectivity index (χ0) is 23.7. The number of anilines is 3. The van der Waals surface area contributed by atoms with Gasteiger partial charge in [-0.2, -0.15) is 0 Å². The van der Waals surface area contributed by atoms with Gasteiger partial charge in [-0.05, 0) is 65.6 Å². The van der Waals surface area contributed by atoms with Crippen LogP contribution in [0.5, 0.6) is 0 Å². The normalized spacial score (nSPS) is 13.8. The van der Waals surface area contributed by atoms with Crippen LogP contribution in [0.3, 0.4) is 0 Å². The van der Waals surface area contributed by atoms with E-state index >= 15 is 0 Å². The van der Waals surface area contributed by atoms with Gasteiger partial charge in [0.1, 0.15) is 5.70 Å². The summed E-state index contributed by atoms with van der Waals surface area (Å²) in [5.74, 6) is -0.403. The molecule has 4 rings (SSSR count). The van der Waals surface area contributed by atoms with Gasteiger partial charge >= 0.3 is 0 Å². The van der Waals surface area contributed by atoms with Gasteiger partial charge in [0, 0.05) is 30.5 Å². The van der Waals surface area contributed by atoms with E-state index in [2.05, 4.69) is 19.2 Å². The molecule has 0 saturated carbocycles. The Labute approximate surface area is 199 Å². The minimum atomic E-state index is -0.390. The molecule has 5 nitrogen and oxygen atoms in total. The second kappa shape index (κ2) is 9.12. The molecule has 0 aliphatic carbocycles. The zero-order valence-electron chi connectivity index (χ0n) is 19.1. The highest BCUT2D eigenvalue weighted by molar-refractivity contribution is 6.46. The molecule has 3 aromatic carbocycles. The van der Waals surface area contributed by atoms with Crippen molar-refractivity contribution in [2.24, 2.45) is 0 Å². The number of nitrogens with one attached hydrogen (secondary N) is 1. The fourth-order valence-electron chi connectivity index (χ4n) is 3.76. The van der Waals surface area contributed by atoms with Gasteiger partial charge in [0.25, 0.3) is 11.8 Å². The molecule has 2 amide bonds. The number of nitrogens with zero attached hydrogens (tertiary/aromatic N) is 2. The maximum Gasteiger partial charge on any atom is 0.282 e. The van der Waals surface area contributed by atoms with Crippen molar-refractivity contribution in [2.45, 2.75) is 19.8 Å². The summed E-state index contributed by atoms with van der Waals surface area (Å²) < 4.78 is 0. The van der Waals surface area contributed by atoms with Crippen LogP contribution in [0.2, 0.25) is 5.02 Å². The Hall–Kier alpha value is -3.57. The molecular weight excluding hydrogens is 434 g/mol. The lowest BCUT2D eigenvalue weighted by molar-refractivity contribution is -0.120. The van der Waals surface area contributed by atoms with Gasteiger partial charge < -0.3 is 10.2 Å². The fourth-order valence-corrected chi connectivity index (χ4v) is 3.89. The van der Waals surface area contributed by atoms with Gasteiger partial charge in [-0.25, -0.2) is 4.90 Å². The van der Waals surface area contributed by atoms with Crippen molar-refractivity contribution in [3.63, 3.8) is 0 Å². The number of carbonyl (C=O) groups is 2. The second-order valence-corrected chi connectivity index (χ2v) is 8.95. The molecular formula is C27H26ClN3O2. The number of halogens is 1. The summed E-state index contributed by atoms with van der Waals surface area (Å²) in [4.78, 5) is 30.3. The van der Waals surface area contributed by atoms with Crippen LogP contribution in [0.1, 0.15) is 30.9 Å². The SMILES string of the molecule is CC(C)c1ccc(N2C(=O)C(Nc3ccc(N(C)C)cc3)=C(c3ccc(Cl)cc3)C2=O)cc1. The third-order valence-electron chi connectivity index (χ3n) is 5.69. The van der Waals surface area contributed by atoms with Crippen molar-refractivity contribution < 1.29 is 9.59 Å². The van der Waals surface area contributed by atoms with E-state index in [9.17, 15) is 9.59 Å². The Bertz CT molecular complexity index is 1210. The largest absolute Gasteiger partial charge is 0.378 e. The minimum Gasteiger partial charge on any atom is -0.378 e.